The summed E-state index contributed by atoms with van der Waals surface area (Å²) in [6.07, 6.45) is 5.96. The number of carbonyl (C=O) groups excluding carboxylic acids is 3. The predicted molar refractivity (Wildman–Crippen MR) is 128 cm³/mol. The number of benzene rings is 2. The van der Waals surface area contributed by atoms with Crippen LogP contribution in [0, 0.1) is 11.3 Å². The van der Waals surface area contributed by atoms with Crippen LogP contribution in [0.3, 0.4) is 0 Å². The summed E-state index contributed by atoms with van der Waals surface area (Å²) in [4.78, 5) is 37.6. The van der Waals surface area contributed by atoms with Crippen molar-refractivity contribution in [3.63, 3.8) is 0 Å². The summed E-state index contributed by atoms with van der Waals surface area (Å²) in [5, 5.41) is 0. The van der Waals surface area contributed by atoms with Crippen LogP contribution in [0.2, 0.25) is 0 Å². The zero-order valence-corrected chi connectivity index (χ0v) is 19.9. The highest BCUT2D eigenvalue weighted by atomic mass is 16.6. The third kappa shape index (κ3) is 7.44. The first kappa shape index (κ1) is 25.5. The quantitative estimate of drug-likeness (QED) is 0.316. The molecule has 1 unspecified atom stereocenters. The van der Waals surface area contributed by atoms with E-state index in [1.807, 2.05) is 19.1 Å². The summed E-state index contributed by atoms with van der Waals surface area (Å²) in [6, 6.07) is 17.6. The minimum atomic E-state index is -0.647. The van der Waals surface area contributed by atoms with Gasteiger partial charge in [0.05, 0.1) is 23.7 Å². The fourth-order valence-corrected chi connectivity index (χ4v) is 4.14. The lowest BCUT2D eigenvalue weighted by Gasteiger charge is -2.32. The van der Waals surface area contributed by atoms with E-state index in [9.17, 15) is 14.4 Å². The molecule has 6 heteroatoms. The van der Waals surface area contributed by atoms with Crippen molar-refractivity contribution in [3.8, 4) is 0 Å². The van der Waals surface area contributed by atoms with Gasteiger partial charge in [-0.1, -0.05) is 62.6 Å². The SMILES string of the molecule is CCC(CCOC(=O)c1ccccc1)(COC(=O)c1ccccc1)COC(=O)C1CCCCC1. The molecule has 6 nitrogen and oxygen atoms in total. The second kappa shape index (κ2) is 12.9. The Labute approximate surface area is 201 Å². The Bertz CT molecular complexity index is 920. The number of rotatable bonds is 11. The van der Waals surface area contributed by atoms with Gasteiger partial charge in [0.1, 0.15) is 13.2 Å². The van der Waals surface area contributed by atoms with Crippen molar-refractivity contribution in [2.24, 2.45) is 11.3 Å². The second-order valence-corrected chi connectivity index (χ2v) is 8.99. The smallest absolute Gasteiger partial charge is 0.338 e. The van der Waals surface area contributed by atoms with Crippen molar-refractivity contribution >= 4 is 17.9 Å². The van der Waals surface area contributed by atoms with E-state index in [1.54, 1.807) is 48.5 Å². The predicted octanol–water partition coefficient (Wildman–Crippen LogP) is 5.61. The van der Waals surface area contributed by atoms with Gasteiger partial charge in [0.25, 0.3) is 0 Å². The fraction of sp³-hybridized carbons (Fsp3) is 0.464. The monoisotopic (exact) mass is 466 g/mol. The Kier molecular flexibility index (Phi) is 9.68. The van der Waals surface area contributed by atoms with Crippen molar-refractivity contribution in [2.75, 3.05) is 19.8 Å². The lowest BCUT2D eigenvalue weighted by Crippen LogP contribution is -2.36. The summed E-state index contributed by atoms with van der Waals surface area (Å²) in [5.41, 5.74) is 0.289. The molecule has 1 aliphatic rings. The maximum absolute atomic E-state index is 12.7. The molecule has 1 saturated carbocycles. The molecule has 0 amide bonds. The van der Waals surface area contributed by atoms with E-state index >= 15 is 0 Å². The van der Waals surface area contributed by atoms with Crippen LogP contribution in [0.5, 0.6) is 0 Å². The second-order valence-electron chi connectivity index (χ2n) is 8.99. The van der Waals surface area contributed by atoms with E-state index in [1.165, 1.54) is 0 Å². The molecule has 0 heterocycles. The van der Waals surface area contributed by atoms with Gasteiger partial charge in [-0.15, -0.1) is 0 Å². The number of ether oxygens (including phenoxy) is 3. The van der Waals surface area contributed by atoms with E-state index in [4.69, 9.17) is 14.2 Å². The molecular weight excluding hydrogens is 432 g/mol. The Morgan fingerprint density at radius 3 is 1.85 bits per heavy atom. The van der Waals surface area contributed by atoms with Gasteiger partial charge in [-0.3, -0.25) is 4.79 Å². The zero-order valence-electron chi connectivity index (χ0n) is 19.9. The minimum absolute atomic E-state index is 0.0638. The lowest BCUT2D eigenvalue weighted by atomic mass is 9.83. The Balaban J connectivity index is 1.63. The highest BCUT2D eigenvalue weighted by molar-refractivity contribution is 5.89. The van der Waals surface area contributed by atoms with Gasteiger partial charge in [0, 0.05) is 5.41 Å². The van der Waals surface area contributed by atoms with Crippen molar-refractivity contribution in [2.45, 2.75) is 51.9 Å². The van der Waals surface area contributed by atoms with Gasteiger partial charge >= 0.3 is 17.9 Å². The summed E-state index contributed by atoms with van der Waals surface area (Å²) in [6.45, 7) is 2.27. The molecule has 2 aromatic rings. The Hall–Kier alpha value is -3.15. The number of esters is 3. The average molecular weight is 467 g/mol. The van der Waals surface area contributed by atoms with Crippen LogP contribution in [0.4, 0.5) is 0 Å². The molecule has 0 saturated heterocycles. The molecule has 1 atom stereocenters. The molecule has 34 heavy (non-hydrogen) atoms. The largest absolute Gasteiger partial charge is 0.465 e. The van der Waals surface area contributed by atoms with E-state index in [0.29, 0.717) is 24.0 Å². The normalized spacial score (nSPS) is 15.7. The number of hydrogen-bond acceptors (Lipinski definition) is 6. The standard InChI is InChI=1S/C28H34O6/c1-2-28(20-33-26(30)23-14-8-4-9-15-23,21-34-27(31)24-16-10-5-11-17-24)18-19-32-25(29)22-12-6-3-7-13-22/h3-4,6-9,12-15,24H,2,5,10-11,16-21H2,1H3. The first-order chi connectivity index (χ1) is 16.5. The zero-order chi connectivity index (χ0) is 24.2. The van der Waals surface area contributed by atoms with Crippen LogP contribution in [-0.2, 0) is 19.0 Å². The molecule has 0 spiro atoms. The maximum atomic E-state index is 12.7. The van der Waals surface area contributed by atoms with E-state index in [2.05, 4.69) is 0 Å². The van der Waals surface area contributed by atoms with Crippen molar-refractivity contribution in [3.05, 3.63) is 71.8 Å². The molecule has 1 fully saturated rings. The van der Waals surface area contributed by atoms with E-state index in [0.717, 1.165) is 32.1 Å². The topological polar surface area (TPSA) is 78.9 Å². The summed E-state index contributed by atoms with van der Waals surface area (Å²) in [5.74, 6) is -1.09. The molecule has 0 aromatic heterocycles. The molecule has 0 N–H and O–H groups in total. The Morgan fingerprint density at radius 2 is 1.29 bits per heavy atom. The van der Waals surface area contributed by atoms with Gasteiger partial charge in [-0.2, -0.15) is 0 Å². The molecule has 3 rings (SSSR count). The molecule has 1 aliphatic carbocycles. The third-order valence-electron chi connectivity index (χ3n) is 6.60. The van der Waals surface area contributed by atoms with Crippen molar-refractivity contribution in [1.82, 2.24) is 0 Å². The van der Waals surface area contributed by atoms with Gasteiger partial charge < -0.3 is 14.2 Å². The summed E-state index contributed by atoms with van der Waals surface area (Å²) < 4.78 is 16.9. The molecule has 0 radical (unpaired) electrons. The van der Waals surface area contributed by atoms with Crippen molar-refractivity contribution < 1.29 is 28.6 Å². The van der Waals surface area contributed by atoms with E-state index < -0.39 is 17.4 Å². The van der Waals surface area contributed by atoms with Gasteiger partial charge in [0.2, 0.25) is 0 Å². The van der Waals surface area contributed by atoms with Gasteiger partial charge in [0.15, 0.2) is 0 Å². The average Bonchev–Trinajstić information content (AvgIpc) is 2.91. The minimum Gasteiger partial charge on any atom is -0.465 e. The van der Waals surface area contributed by atoms with Gasteiger partial charge in [-0.05, 0) is 49.9 Å². The first-order valence-electron chi connectivity index (χ1n) is 12.1. The van der Waals surface area contributed by atoms with Crippen LogP contribution >= 0.6 is 0 Å². The maximum Gasteiger partial charge on any atom is 0.338 e. The fourth-order valence-electron chi connectivity index (χ4n) is 4.14. The van der Waals surface area contributed by atoms with Crippen molar-refractivity contribution in [1.29, 1.82) is 0 Å². The van der Waals surface area contributed by atoms with Crippen LogP contribution in [0.25, 0.3) is 0 Å². The van der Waals surface area contributed by atoms with E-state index in [-0.39, 0.29) is 31.7 Å². The highest BCUT2D eigenvalue weighted by Gasteiger charge is 2.34. The highest BCUT2D eigenvalue weighted by Crippen LogP contribution is 2.31. The first-order valence-corrected chi connectivity index (χ1v) is 12.1. The molecule has 2 aromatic carbocycles. The van der Waals surface area contributed by atoms with Crippen LogP contribution in [-0.4, -0.2) is 37.7 Å². The molecule has 0 bridgehead atoms. The van der Waals surface area contributed by atoms with Gasteiger partial charge in [-0.25, -0.2) is 9.59 Å². The van der Waals surface area contributed by atoms with Crippen LogP contribution < -0.4 is 0 Å². The third-order valence-corrected chi connectivity index (χ3v) is 6.60. The Morgan fingerprint density at radius 1 is 0.765 bits per heavy atom. The lowest BCUT2D eigenvalue weighted by molar-refractivity contribution is -0.155. The van der Waals surface area contributed by atoms with Crippen LogP contribution in [0.1, 0.15) is 72.6 Å². The summed E-state index contributed by atoms with van der Waals surface area (Å²) in [7, 11) is 0. The molecule has 0 aliphatic heterocycles. The summed E-state index contributed by atoms with van der Waals surface area (Å²) >= 11 is 0. The van der Waals surface area contributed by atoms with Crippen LogP contribution in [0.15, 0.2) is 60.7 Å². The molecular formula is C28H34O6. The number of hydrogen-bond donors (Lipinski definition) is 0. The number of carbonyl (C=O) groups is 3. The molecule has 182 valence electrons.